The molecular weight excluding hydrogens is 777 g/mol. The maximum Gasteiger partial charge on any atom is 0.0728 e. The van der Waals surface area contributed by atoms with Gasteiger partial charge in [-0.1, -0.05) is 64.1 Å². The molecule has 4 heteroatoms. The highest BCUT2D eigenvalue weighted by Gasteiger charge is 2.67. The third-order valence-electron chi connectivity index (χ3n) is 22.5. The third-order valence-corrected chi connectivity index (χ3v) is 22.5. The van der Waals surface area contributed by atoms with Gasteiger partial charge in [0.1, 0.15) is 0 Å². The topological polar surface area (TPSA) is 35.1 Å². The first-order chi connectivity index (χ1) is 31.1. The molecule has 5 heterocycles. The van der Waals surface area contributed by atoms with Crippen LogP contribution in [-0.2, 0) is 10.8 Å². The molecule has 18 rings (SSSR count). The number of nitrogens with zero attached hydrogens (tertiary/aromatic N) is 4. The highest BCUT2D eigenvalue weighted by molar-refractivity contribution is 6.28. The molecule has 9 aliphatic rings. The molecule has 6 bridgehead atoms. The summed E-state index contributed by atoms with van der Waals surface area (Å²) in [5, 5.41) is 8.85. The van der Waals surface area contributed by atoms with Gasteiger partial charge in [0.15, 0.2) is 0 Å². The molecule has 314 valence electrons. The Morgan fingerprint density at radius 1 is 0.500 bits per heavy atom. The SMILES string of the molecule is CC1(C)c2cc3c4ccccc4n(-c4ccccc4)c3cc2-c2cc3c4c5c(ncc4n4c6cnc7c(c6c(c2C1(C)C)c34)C1CC2CC3CC7CC32C1)C1CC2CC3CC5CC23C1. The van der Waals surface area contributed by atoms with Gasteiger partial charge in [-0.3, -0.25) is 9.97 Å². The Hall–Kier alpha value is -5.22. The standard InChI is InChI=1S/C60H54N4/c1-57(2)43-21-40-38-12-8-9-13-44(38)63(37-10-6-5-7-11-37)45(40)22-39(43)41-20-42-50-46(27-61-54-31-16-35-18-33-14-29(48(50)54)23-59(33,35)25-31)64-47-28-62-55-32-17-36-19-34-15-30(24-60(34,36)26-32)49(55)51(47)52(56(42)64)53(41)58(57,3)4/h5-13,20-22,27-36H,14-19,23-26H2,1-4H3. The number of benzene rings is 4. The van der Waals surface area contributed by atoms with Crippen molar-refractivity contribution in [2.45, 2.75) is 126 Å². The maximum atomic E-state index is 5.70. The fraction of sp³-hybridized carbons (Fsp3) is 0.433. The molecule has 9 aliphatic carbocycles. The molecule has 6 fully saturated rings. The van der Waals surface area contributed by atoms with Crippen LogP contribution < -0.4 is 0 Å². The lowest BCUT2D eigenvalue weighted by molar-refractivity contribution is 0.00321. The Morgan fingerprint density at radius 3 is 1.78 bits per heavy atom. The van der Waals surface area contributed by atoms with Gasteiger partial charge in [-0.05, 0) is 186 Å². The number of aromatic nitrogens is 4. The third kappa shape index (κ3) is 3.38. The molecule has 2 spiro atoms. The summed E-state index contributed by atoms with van der Waals surface area (Å²) in [6, 6.07) is 28.2. The lowest BCUT2D eigenvalue weighted by Crippen LogP contribution is -2.43. The van der Waals surface area contributed by atoms with E-state index in [1.807, 2.05) is 0 Å². The quantitative estimate of drug-likeness (QED) is 0.165. The van der Waals surface area contributed by atoms with Crippen LogP contribution >= 0.6 is 0 Å². The Bertz CT molecular complexity index is 3710. The molecule has 9 aromatic rings. The van der Waals surface area contributed by atoms with Gasteiger partial charge in [-0.15, -0.1) is 0 Å². The number of para-hydroxylation sites is 2. The van der Waals surface area contributed by atoms with Crippen molar-refractivity contribution >= 4 is 59.9 Å². The second kappa shape index (κ2) is 10.3. The zero-order valence-electron chi connectivity index (χ0n) is 37.6. The first-order valence-electron chi connectivity index (χ1n) is 25.4. The molecule has 0 saturated heterocycles. The molecule has 0 N–H and O–H groups in total. The average Bonchev–Trinajstić information content (AvgIpc) is 4.13. The Labute approximate surface area is 373 Å². The minimum Gasteiger partial charge on any atom is -0.309 e. The Balaban J connectivity index is 1.04. The first-order valence-corrected chi connectivity index (χ1v) is 25.4. The minimum absolute atomic E-state index is 0.151. The molecular formula is C60H54N4. The van der Waals surface area contributed by atoms with Crippen molar-refractivity contribution < 1.29 is 0 Å². The van der Waals surface area contributed by atoms with Gasteiger partial charge in [-0.2, -0.15) is 0 Å². The van der Waals surface area contributed by atoms with Crippen molar-refractivity contribution in [1.82, 2.24) is 18.9 Å². The summed E-state index contributed by atoms with van der Waals surface area (Å²) in [5.41, 5.74) is 21.1. The zero-order chi connectivity index (χ0) is 41.7. The summed E-state index contributed by atoms with van der Waals surface area (Å²) < 4.78 is 5.28. The highest BCUT2D eigenvalue weighted by atomic mass is 15.0. The summed E-state index contributed by atoms with van der Waals surface area (Å²) in [5.74, 6) is 6.17. The summed E-state index contributed by atoms with van der Waals surface area (Å²) >= 11 is 0. The fourth-order valence-electron chi connectivity index (χ4n) is 19.4. The van der Waals surface area contributed by atoms with E-state index in [0.717, 1.165) is 23.7 Å². The molecule has 64 heavy (non-hydrogen) atoms. The first kappa shape index (κ1) is 34.2. The minimum atomic E-state index is -0.168. The second-order valence-corrected chi connectivity index (χ2v) is 24.7. The van der Waals surface area contributed by atoms with Crippen molar-refractivity contribution in [2.75, 3.05) is 0 Å². The molecule has 4 nitrogen and oxygen atoms in total. The van der Waals surface area contributed by atoms with E-state index in [1.54, 1.807) is 32.8 Å². The summed E-state index contributed by atoms with van der Waals surface area (Å²) in [4.78, 5) is 11.4. The molecule has 4 aromatic carbocycles. The van der Waals surface area contributed by atoms with E-state index >= 15 is 0 Å². The van der Waals surface area contributed by atoms with Gasteiger partial charge in [0.05, 0.1) is 40.0 Å². The average molecular weight is 831 g/mol. The smallest absolute Gasteiger partial charge is 0.0728 e. The fourth-order valence-corrected chi connectivity index (χ4v) is 19.4. The van der Waals surface area contributed by atoms with Gasteiger partial charge >= 0.3 is 0 Å². The van der Waals surface area contributed by atoms with Crippen molar-refractivity contribution in [2.24, 2.45) is 34.5 Å². The summed E-state index contributed by atoms with van der Waals surface area (Å²) in [6.45, 7) is 10.3. The van der Waals surface area contributed by atoms with Gasteiger partial charge < -0.3 is 8.97 Å². The van der Waals surface area contributed by atoms with Crippen LogP contribution in [0.2, 0.25) is 0 Å². The van der Waals surface area contributed by atoms with E-state index in [1.165, 1.54) is 142 Å². The van der Waals surface area contributed by atoms with E-state index in [9.17, 15) is 0 Å². The van der Waals surface area contributed by atoms with E-state index in [0.29, 0.717) is 34.5 Å². The molecule has 6 saturated carbocycles. The number of hydrogen-bond acceptors (Lipinski definition) is 2. The van der Waals surface area contributed by atoms with Crippen LogP contribution in [0.4, 0.5) is 0 Å². The number of fused-ring (bicyclic) bond motifs is 25. The predicted octanol–water partition coefficient (Wildman–Crippen LogP) is 14.7. The maximum absolute atomic E-state index is 5.70. The van der Waals surface area contributed by atoms with E-state index in [-0.39, 0.29) is 10.8 Å². The van der Waals surface area contributed by atoms with Gasteiger partial charge in [-0.25, -0.2) is 0 Å². The highest BCUT2D eigenvalue weighted by Crippen LogP contribution is 2.78. The molecule has 10 atom stereocenters. The predicted molar refractivity (Wildman–Crippen MR) is 258 cm³/mol. The van der Waals surface area contributed by atoms with Crippen molar-refractivity contribution in [3.05, 3.63) is 119 Å². The molecule has 0 radical (unpaired) electrons. The number of pyridine rings is 2. The normalized spacial score (nSPS) is 34.6. The van der Waals surface area contributed by atoms with E-state index in [2.05, 4.69) is 122 Å². The number of hydrogen-bond donors (Lipinski definition) is 0. The lowest BCUT2D eigenvalue weighted by Gasteiger charge is -2.49. The second-order valence-electron chi connectivity index (χ2n) is 24.7. The van der Waals surface area contributed by atoms with Crippen LogP contribution in [0.5, 0.6) is 0 Å². The van der Waals surface area contributed by atoms with Crippen LogP contribution in [0, 0.1) is 34.5 Å². The Morgan fingerprint density at radius 2 is 1.09 bits per heavy atom. The monoisotopic (exact) mass is 830 g/mol. The van der Waals surface area contributed by atoms with E-state index < -0.39 is 0 Å². The zero-order valence-corrected chi connectivity index (χ0v) is 37.6. The van der Waals surface area contributed by atoms with Crippen molar-refractivity contribution in [1.29, 1.82) is 0 Å². The molecule has 5 aromatic heterocycles. The molecule has 0 aliphatic heterocycles. The van der Waals surface area contributed by atoms with Crippen LogP contribution in [0.1, 0.15) is 149 Å². The van der Waals surface area contributed by atoms with Gasteiger partial charge in [0.2, 0.25) is 0 Å². The lowest BCUT2D eigenvalue weighted by atomic mass is 9.54. The van der Waals surface area contributed by atoms with Crippen LogP contribution in [-0.4, -0.2) is 18.9 Å². The van der Waals surface area contributed by atoms with Gasteiger partial charge in [0, 0.05) is 66.6 Å². The van der Waals surface area contributed by atoms with Crippen LogP contribution in [0.15, 0.2) is 85.2 Å². The van der Waals surface area contributed by atoms with Crippen LogP contribution in [0.25, 0.3) is 76.7 Å². The largest absolute Gasteiger partial charge is 0.309 e. The van der Waals surface area contributed by atoms with E-state index in [4.69, 9.17) is 9.97 Å². The Kier molecular flexibility index (Phi) is 5.48. The molecule has 0 amide bonds. The number of rotatable bonds is 1. The van der Waals surface area contributed by atoms with Crippen LogP contribution in [0.3, 0.4) is 0 Å². The van der Waals surface area contributed by atoms with Crippen molar-refractivity contribution in [3.63, 3.8) is 0 Å². The van der Waals surface area contributed by atoms with Gasteiger partial charge in [0.25, 0.3) is 0 Å². The summed E-state index contributed by atoms with van der Waals surface area (Å²) in [7, 11) is 0. The molecule has 10 unspecified atom stereocenters. The summed E-state index contributed by atoms with van der Waals surface area (Å²) in [6.07, 6.45) is 18.7. The van der Waals surface area contributed by atoms with Crippen molar-refractivity contribution in [3.8, 4) is 16.8 Å².